The van der Waals surface area contributed by atoms with Gasteiger partial charge >= 0.3 is 6.09 Å². The second kappa shape index (κ2) is 6.93. The smallest absolute Gasteiger partial charge is 0.410 e. The first-order chi connectivity index (χ1) is 9.66. The lowest BCUT2D eigenvalue weighted by Crippen LogP contribution is -2.50. The van der Waals surface area contributed by atoms with E-state index in [1.807, 2.05) is 6.07 Å². The Morgan fingerprint density at radius 1 is 1.25 bits per heavy atom. The highest BCUT2D eigenvalue weighted by molar-refractivity contribution is 5.87. The van der Waals surface area contributed by atoms with Gasteiger partial charge in [-0.15, -0.1) is 0 Å². The number of rotatable bonds is 4. The van der Waals surface area contributed by atoms with Crippen LogP contribution in [0.25, 0.3) is 0 Å². The summed E-state index contributed by atoms with van der Waals surface area (Å²) >= 11 is 0. The number of hydrogen-bond acceptors (Lipinski definition) is 3. The summed E-state index contributed by atoms with van der Waals surface area (Å²) < 4.78 is 5.18. The molecule has 1 atom stereocenters. The number of nitrogens with two attached hydrogens (primary N) is 1. The first kappa shape index (κ1) is 14.4. The summed E-state index contributed by atoms with van der Waals surface area (Å²) in [7, 11) is 0. The maximum atomic E-state index is 11.9. The van der Waals surface area contributed by atoms with Crippen LogP contribution in [0.1, 0.15) is 32.1 Å². The molecule has 1 aromatic rings. The van der Waals surface area contributed by atoms with E-state index in [0.29, 0.717) is 5.75 Å². The zero-order chi connectivity index (χ0) is 14.4. The maximum absolute atomic E-state index is 11.9. The normalized spacial score (nSPS) is 17.2. The van der Waals surface area contributed by atoms with Crippen molar-refractivity contribution in [3.8, 4) is 5.75 Å². The molecule has 1 amide bonds. The van der Waals surface area contributed by atoms with E-state index in [1.165, 1.54) is 6.42 Å². The standard InChI is InChI=1S/C15H21N3O2/c16-14(17)13(11-7-3-1-4-8-11)18-15(19)20-12-9-5-2-6-10-12/h2,5-6,9-11,13H,1,3-4,7-8H2,(H3,16,17)(H,18,19). The number of ether oxygens (including phenoxy) is 1. The number of amidine groups is 1. The van der Waals surface area contributed by atoms with Crippen molar-refractivity contribution in [3.63, 3.8) is 0 Å². The van der Waals surface area contributed by atoms with E-state index in [4.69, 9.17) is 15.9 Å². The Morgan fingerprint density at radius 3 is 2.50 bits per heavy atom. The van der Waals surface area contributed by atoms with Crippen molar-refractivity contribution in [1.29, 1.82) is 5.41 Å². The molecule has 0 aliphatic heterocycles. The molecule has 2 rings (SSSR count). The summed E-state index contributed by atoms with van der Waals surface area (Å²) in [5.41, 5.74) is 5.62. The number of para-hydroxylation sites is 1. The minimum Gasteiger partial charge on any atom is -0.410 e. The molecule has 1 fully saturated rings. The summed E-state index contributed by atoms with van der Waals surface area (Å²) in [6, 6.07) is 8.45. The van der Waals surface area contributed by atoms with Gasteiger partial charge in [0.15, 0.2) is 0 Å². The summed E-state index contributed by atoms with van der Waals surface area (Å²) in [4.78, 5) is 11.9. The van der Waals surface area contributed by atoms with Crippen molar-refractivity contribution in [2.24, 2.45) is 11.7 Å². The van der Waals surface area contributed by atoms with Crippen LogP contribution in [-0.4, -0.2) is 18.0 Å². The van der Waals surface area contributed by atoms with Crippen LogP contribution in [-0.2, 0) is 0 Å². The lowest BCUT2D eigenvalue weighted by Gasteiger charge is -2.29. The molecule has 0 bridgehead atoms. The molecule has 1 unspecified atom stereocenters. The fraction of sp³-hybridized carbons (Fsp3) is 0.467. The van der Waals surface area contributed by atoms with E-state index >= 15 is 0 Å². The predicted octanol–water partition coefficient (Wildman–Crippen LogP) is 2.66. The molecule has 0 heterocycles. The van der Waals surface area contributed by atoms with Crippen LogP contribution in [0.15, 0.2) is 30.3 Å². The average molecular weight is 275 g/mol. The maximum Gasteiger partial charge on any atom is 0.413 e. The van der Waals surface area contributed by atoms with Gasteiger partial charge in [-0.3, -0.25) is 5.41 Å². The molecular formula is C15H21N3O2. The van der Waals surface area contributed by atoms with Gasteiger partial charge in [0.2, 0.25) is 0 Å². The van der Waals surface area contributed by atoms with E-state index in [2.05, 4.69) is 5.32 Å². The summed E-state index contributed by atoms with van der Waals surface area (Å²) in [6.45, 7) is 0. The quantitative estimate of drug-likeness (QED) is 0.583. The second-order valence-corrected chi connectivity index (χ2v) is 5.18. The van der Waals surface area contributed by atoms with Crippen LogP contribution in [0, 0.1) is 11.3 Å². The largest absolute Gasteiger partial charge is 0.413 e. The minimum atomic E-state index is -0.554. The average Bonchev–Trinajstić information content (AvgIpc) is 2.46. The molecule has 1 aliphatic rings. The Balaban J connectivity index is 1.93. The predicted molar refractivity (Wildman–Crippen MR) is 77.9 cm³/mol. The van der Waals surface area contributed by atoms with Gasteiger partial charge in [-0.2, -0.15) is 0 Å². The zero-order valence-electron chi connectivity index (χ0n) is 11.5. The van der Waals surface area contributed by atoms with Crippen molar-refractivity contribution in [2.75, 3.05) is 0 Å². The van der Waals surface area contributed by atoms with Crippen molar-refractivity contribution in [1.82, 2.24) is 5.32 Å². The molecule has 1 aromatic carbocycles. The monoisotopic (exact) mass is 275 g/mol. The number of amides is 1. The number of carbonyl (C=O) groups excluding carboxylic acids is 1. The fourth-order valence-electron chi connectivity index (χ4n) is 2.67. The molecule has 0 aromatic heterocycles. The van der Waals surface area contributed by atoms with Gasteiger partial charge in [0.25, 0.3) is 0 Å². The van der Waals surface area contributed by atoms with E-state index in [0.717, 1.165) is 25.7 Å². The lowest BCUT2D eigenvalue weighted by atomic mass is 9.83. The molecule has 1 saturated carbocycles. The first-order valence-corrected chi connectivity index (χ1v) is 7.04. The molecule has 0 radical (unpaired) electrons. The summed E-state index contributed by atoms with van der Waals surface area (Å²) in [5.74, 6) is 0.724. The van der Waals surface area contributed by atoms with Gasteiger partial charge in [0.05, 0.1) is 6.04 Å². The highest BCUT2D eigenvalue weighted by Crippen LogP contribution is 2.26. The van der Waals surface area contributed by atoms with Crippen LogP contribution < -0.4 is 15.8 Å². The molecular weight excluding hydrogens is 254 g/mol. The van der Waals surface area contributed by atoms with Crippen LogP contribution in [0.5, 0.6) is 5.75 Å². The molecule has 5 nitrogen and oxygen atoms in total. The highest BCUT2D eigenvalue weighted by Gasteiger charge is 2.27. The highest BCUT2D eigenvalue weighted by atomic mass is 16.6. The van der Waals surface area contributed by atoms with Gasteiger partial charge in [-0.25, -0.2) is 4.79 Å². The SMILES string of the molecule is N=C(N)C(NC(=O)Oc1ccccc1)C1CCCCC1. The molecule has 0 saturated heterocycles. The molecule has 108 valence electrons. The van der Waals surface area contributed by atoms with Gasteiger partial charge in [-0.05, 0) is 30.9 Å². The van der Waals surface area contributed by atoms with Gasteiger partial charge < -0.3 is 15.8 Å². The van der Waals surface area contributed by atoms with E-state index in [9.17, 15) is 4.79 Å². The third kappa shape index (κ3) is 3.98. The zero-order valence-corrected chi connectivity index (χ0v) is 11.5. The lowest BCUT2D eigenvalue weighted by molar-refractivity contribution is 0.191. The minimum absolute atomic E-state index is 0.00177. The number of carbonyl (C=O) groups is 1. The van der Waals surface area contributed by atoms with Crippen LogP contribution in [0.3, 0.4) is 0 Å². The number of benzene rings is 1. The van der Waals surface area contributed by atoms with Gasteiger partial charge in [0, 0.05) is 0 Å². The molecule has 5 heteroatoms. The topological polar surface area (TPSA) is 88.2 Å². The van der Waals surface area contributed by atoms with Gasteiger partial charge in [-0.1, -0.05) is 37.5 Å². The van der Waals surface area contributed by atoms with E-state index in [1.54, 1.807) is 24.3 Å². The summed E-state index contributed by atoms with van der Waals surface area (Å²) in [5, 5.41) is 10.4. The third-order valence-corrected chi connectivity index (χ3v) is 3.68. The number of nitrogens with one attached hydrogen (secondary N) is 2. The Hall–Kier alpha value is -2.04. The van der Waals surface area contributed by atoms with Crippen molar-refractivity contribution >= 4 is 11.9 Å². The van der Waals surface area contributed by atoms with Crippen molar-refractivity contribution in [2.45, 2.75) is 38.1 Å². The van der Waals surface area contributed by atoms with Gasteiger partial charge in [0.1, 0.15) is 11.6 Å². The van der Waals surface area contributed by atoms with E-state index < -0.39 is 12.1 Å². The molecule has 1 aliphatic carbocycles. The Kier molecular flexibility index (Phi) is 4.98. The van der Waals surface area contributed by atoms with Crippen LogP contribution >= 0.6 is 0 Å². The van der Waals surface area contributed by atoms with Crippen LogP contribution in [0.4, 0.5) is 4.79 Å². The summed E-state index contributed by atoms with van der Waals surface area (Å²) in [6.07, 6.45) is 4.91. The van der Waals surface area contributed by atoms with Crippen molar-refractivity contribution in [3.05, 3.63) is 30.3 Å². The Labute approximate surface area is 119 Å². The van der Waals surface area contributed by atoms with E-state index in [-0.39, 0.29) is 11.8 Å². The number of hydrogen-bond donors (Lipinski definition) is 3. The van der Waals surface area contributed by atoms with Crippen LogP contribution in [0.2, 0.25) is 0 Å². The Morgan fingerprint density at radius 2 is 1.90 bits per heavy atom. The Bertz CT molecular complexity index is 455. The van der Waals surface area contributed by atoms with Crippen molar-refractivity contribution < 1.29 is 9.53 Å². The third-order valence-electron chi connectivity index (χ3n) is 3.68. The molecule has 4 N–H and O–H groups in total. The molecule has 0 spiro atoms. The fourth-order valence-corrected chi connectivity index (χ4v) is 2.67. The molecule has 20 heavy (non-hydrogen) atoms. The first-order valence-electron chi connectivity index (χ1n) is 7.04. The second-order valence-electron chi connectivity index (χ2n) is 5.18.